The molecular formula is C16H31ClN2O3. The Hall–Kier alpha value is -0.360. The van der Waals surface area contributed by atoms with E-state index in [0.29, 0.717) is 19.1 Å². The molecule has 2 aliphatic heterocycles. The molecule has 22 heavy (non-hydrogen) atoms. The zero-order chi connectivity index (χ0) is 15.1. The molecule has 0 saturated carbocycles. The van der Waals surface area contributed by atoms with Crippen LogP contribution in [-0.4, -0.2) is 63.9 Å². The average Bonchev–Trinajstić information content (AvgIpc) is 2.49. The molecule has 2 fully saturated rings. The van der Waals surface area contributed by atoms with Crippen LogP contribution in [0.1, 0.15) is 32.6 Å². The van der Waals surface area contributed by atoms with E-state index in [1.165, 1.54) is 12.8 Å². The fraction of sp³-hybridized carbons (Fsp3) is 0.938. The zero-order valence-corrected chi connectivity index (χ0v) is 14.8. The summed E-state index contributed by atoms with van der Waals surface area (Å²) in [4.78, 5) is 14.8. The Kier molecular flexibility index (Phi) is 8.69. The first kappa shape index (κ1) is 19.7. The number of carbonyl (C=O) groups is 1. The van der Waals surface area contributed by atoms with Gasteiger partial charge < -0.3 is 19.7 Å². The van der Waals surface area contributed by atoms with Crippen LogP contribution in [0.25, 0.3) is 0 Å². The van der Waals surface area contributed by atoms with Crippen LogP contribution in [0, 0.1) is 11.3 Å². The van der Waals surface area contributed by atoms with E-state index in [-0.39, 0.29) is 18.4 Å². The molecule has 1 N–H and O–H groups in total. The van der Waals surface area contributed by atoms with Gasteiger partial charge in [0.05, 0.1) is 13.2 Å². The Labute approximate surface area is 140 Å². The zero-order valence-electron chi connectivity index (χ0n) is 13.9. The molecule has 0 aromatic carbocycles. The monoisotopic (exact) mass is 334 g/mol. The second-order valence-corrected chi connectivity index (χ2v) is 6.48. The van der Waals surface area contributed by atoms with Crippen molar-refractivity contribution in [1.29, 1.82) is 0 Å². The predicted octanol–water partition coefficient (Wildman–Crippen LogP) is 1.70. The maximum absolute atomic E-state index is 12.4. The molecule has 0 aromatic rings. The lowest BCUT2D eigenvalue weighted by atomic mass is 9.80. The summed E-state index contributed by atoms with van der Waals surface area (Å²) in [5.41, 5.74) is -0.467. The summed E-state index contributed by atoms with van der Waals surface area (Å²) < 4.78 is 10.7. The van der Waals surface area contributed by atoms with E-state index in [9.17, 15) is 4.79 Å². The molecule has 0 amide bonds. The van der Waals surface area contributed by atoms with Crippen LogP contribution in [0.15, 0.2) is 0 Å². The Morgan fingerprint density at radius 3 is 2.86 bits per heavy atom. The van der Waals surface area contributed by atoms with Crippen molar-refractivity contribution in [1.82, 2.24) is 10.2 Å². The van der Waals surface area contributed by atoms with Gasteiger partial charge in [0.2, 0.25) is 0 Å². The fourth-order valence-electron chi connectivity index (χ4n) is 3.73. The number of halogens is 1. The number of nitrogens with zero attached hydrogens (tertiary/aromatic N) is 1. The maximum atomic E-state index is 12.4. The Bertz CT molecular complexity index is 333. The Morgan fingerprint density at radius 2 is 2.23 bits per heavy atom. The molecular weight excluding hydrogens is 304 g/mol. The van der Waals surface area contributed by atoms with E-state index in [1.54, 1.807) is 7.11 Å². The van der Waals surface area contributed by atoms with Crippen molar-refractivity contribution < 1.29 is 14.3 Å². The summed E-state index contributed by atoms with van der Waals surface area (Å²) in [7, 11) is 1.67. The third-order valence-corrected chi connectivity index (χ3v) is 4.70. The van der Waals surface area contributed by atoms with Gasteiger partial charge in [-0.15, -0.1) is 12.4 Å². The summed E-state index contributed by atoms with van der Waals surface area (Å²) in [6.07, 6.45) is 4.47. The minimum atomic E-state index is -0.467. The lowest BCUT2D eigenvalue weighted by molar-refractivity contribution is -0.163. The number of esters is 1. The SMILES string of the molecule is CCOC(=O)C1(COC)CCCN(CC2CCCNC2)C1.Cl. The van der Waals surface area contributed by atoms with Crippen molar-refractivity contribution in [2.24, 2.45) is 11.3 Å². The number of nitrogens with one attached hydrogen (secondary N) is 1. The van der Waals surface area contributed by atoms with E-state index < -0.39 is 5.41 Å². The first-order valence-corrected chi connectivity index (χ1v) is 8.29. The Balaban J connectivity index is 0.00000242. The van der Waals surface area contributed by atoms with E-state index in [2.05, 4.69) is 10.2 Å². The summed E-state index contributed by atoms with van der Waals surface area (Å²) in [5.74, 6) is 0.623. The van der Waals surface area contributed by atoms with Gasteiger partial charge in [-0.25, -0.2) is 0 Å². The van der Waals surface area contributed by atoms with Gasteiger partial charge in [-0.3, -0.25) is 4.79 Å². The summed E-state index contributed by atoms with van der Waals surface area (Å²) in [5, 5.41) is 3.47. The average molecular weight is 335 g/mol. The van der Waals surface area contributed by atoms with Crippen LogP contribution < -0.4 is 5.32 Å². The highest BCUT2D eigenvalue weighted by Crippen LogP contribution is 2.32. The summed E-state index contributed by atoms with van der Waals surface area (Å²) in [6, 6.07) is 0. The van der Waals surface area contributed by atoms with Gasteiger partial charge in [-0.05, 0) is 58.2 Å². The molecule has 5 nitrogen and oxygen atoms in total. The van der Waals surface area contributed by atoms with Gasteiger partial charge in [0.15, 0.2) is 0 Å². The third-order valence-electron chi connectivity index (χ3n) is 4.70. The summed E-state index contributed by atoms with van der Waals surface area (Å²) >= 11 is 0. The number of methoxy groups -OCH3 is 1. The maximum Gasteiger partial charge on any atom is 0.315 e. The van der Waals surface area contributed by atoms with Crippen LogP contribution in [0.5, 0.6) is 0 Å². The minimum Gasteiger partial charge on any atom is -0.465 e. The van der Waals surface area contributed by atoms with Crippen molar-refractivity contribution in [3.63, 3.8) is 0 Å². The normalized spacial score (nSPS) is 29.6. The molecule has 0 bridgehead atoms. The fourth-order valence-corrected chi connectivity index (χ4v) is 3.73. The molecule has 0 radical (unpaired) electrons. The minimum absolute atomic E-state index is 0. The number of hydrogen-bond acceptors (Lipinski definition) is 5. The molecule has 2 saturated heterocycles. The van der Waals surface area contributed by atoms with Crippen LogP contribution >= 0.6 is 12.4 Å². The van der Waals surface area contributed by atoms with Gasteiger partial charge in [0.1, 0.15) is 5.41 Å². The van der Waals surface area contributed by atoms with E-state index in [0.717, 1.165) is 45.6 Å². The largest absolute Gasteiger partial charge is 0.465 e. The van der Waals surface area contributed by atoms with Crippen molar-refractivity contribution in [2.75, 3.05) is 53.0 Å². The van der Waals surface area contributed by atoms with Gasteiger partial charge in [-0.2, -0.15) is 0 Å². The highest BCUT2D eigenvalue weighted by Gasteiger charge is 2.44. The standard InChI is InChI=1S/C16H30N2O3.ClH/c1-3-21-15(19)16(13-20-2)7-5-9-18(12-16)11-14-6-4-8-17-10-14;/h14,17H,3-13H2,1-2H3;1H. The number of ether oxygens (including phenoxy) is 2. The molecule has 6 heteroatoms. The molecule has 0 spiro atoms. The van der Waals surface area contributed by atoms with Crippen LogP contribution in [0.3, 0.4) is 0 Å². The quantitative estimate of drug-likeness (QED) is 0.749. The number of rotatable bonds is 6. The number of likely N-dealkylation sites (tertiary alicyclic amines) is 1. The smallest absolute Gasteiger partial charge is 0.315 e. The van der Waals surface area contributed by atoms with Crippen LogP contribution in [0.2, 0.25) is 0 Å². The van der Waals surface area contributed by atoms with E-state index in [4.69, 9.17) is 9.47 Å². The Morgan fingerprint density at radius 1 is 1.41 bits per heavy atom. The van der Waals surface area contributed by atoms with Gasteiger partial charge >= 0.3 is 5.97 Å². The highest BCUT2D eigenvalue weighted by atomic mass is 35.5. The van der Waals surface area contributed by atoms with E-state index >= 15 is 0 Å². The van der Waals surface area contributed by atoms with Crippen LogP contribution in [-0.2, 0) is 14.3 Å². The van der Waals surface area contributed by atoms with Gasteiger partial charge in [0, 0.05) is 20.2 Å². The molecule has 0 aliphatic carbocycles. The molecule has 0 aromatic heterocycles. The summed E-state index contributed by atoms with van der Waals surface area (Å²) in [6.45, 7) is 7.96. The first-order valence-electron chi connectivity index (χ1n) is 8.29. The topological polar surface area (TPSA) is 50.8 Å². The van der Waals surface area contributed by atoms with Crippen molar-refractivity contribution in [2.45, 2.75) is 32.6 Å². The number of carbonyl (C=O) groups excluding carboxylic acids is 1. The van der Waals surface area contributed by atoms with Gasteiger partial charge in [0.25, 0.3) is 0 Å². The third kappa shape index (κ3) is 5.08. The molecule has 2 aliphatic rings. The van der Waals surface area contributed by atoms with Crippen molar-refractivity contribution >= 4 is 18.4 Å². The lowest BCUT2D eigenvalue weighted by Gasteiger charge is -2.42. The van der Waals surface area contributed by atoms with Crippen LogP contribution in [0.4, 0.5) is 0 Å². The van der Waals surface area contributed by atoms with E-state index in [1.807, 2.05) is 6.92 Å². The number of hydrogen-bond donors (Lipinski definition) is 1. The van der Waals surface area contributed by atoms with Crippen molar-refractivity contribution in [3.8, 4) is 0 Å². The highest BCUT2D eigenvalue weighted by molar-refractivity contribution is 5.85. The molecule has 2 atom stereocenters. The van der Waals surface area contributed by atoms with Gasteiger partial charge in [-0.1, -0.05) is 0 Å². The lowest BCUT2D eigenvalue weighted by Crippen LogP contribution is -2.52. The van der Waals surface area contributed by atoms with Crippen molar-refractivity contribution in [3.05, 3.63) is 0 Å². The second kappa shape index (κ2) is 9.71. The first-order chi connectivity index (χ1) is 10.2. The predicted molar refractivity (Wildman–Crippen MR) is 89.5 cm³/mol. The second-order valence-electron chi connectivity index (χ2n) is 6.48. The molecule has 2 heterocycles. The molecule has 130 valence electrons. The number of piperidine rings is 2. The molecule has 2 rings (SSSR count). The molecule has 2 unspecified atom stereocenters.